The average molecular weight is 424 g/mol. The first-order valence-electron chi connectivity index (χ1n) is 11.9. The van der Waals surface area contributed by atoms with Crippen molar-refractivity contribution in [3.63, 3.8) is 0 Å². The highest BCUT2D eigenvalue weighted by Crippen LogP contribution is 2.09. The van der Waals surface area contributed by atoms with Gasteiger partial charge in [-0.25, -0.2) is 0 Å². The summed E-state index contributed by atoms with van der Waals surface area (Å²) in [5.41, 5.74) is 5.82. The quantitative estimate of drug-likeness (QED) is 0.131. The molecule has 0 fully saturated rings. The predicted octanol–water partition coefficient (Wildman–Crippen LogP) is 6.01. The standard InChI is InChI=1S/C25H45NO4/c1-3-5-7-9-11-13-15-17-21-29-24(27)20-19-23(26)25(28)30-22-18-16-14-12-10-8-6-4-2/h3-4,23H,1-2,5-22,26H2/t23-/m0/s1. The molecule has 0 aromatic heterocycles. The van der Waals surface area contributed by atoms with Crippen LogP contribution in [-0.4, -0.2) is 31.2 Å². The summed E-state index contributed by atoms with van der Waals surface area (Å²) >= 11 is 0. The molecule has 0 aliphatic carbocycles. The number of rotatable bonds is 22. The van der Waals surface area contributed by atoms with Crippen LogP contribution in [0.3, 0.4) is 0 Å². The van der Waals surface area contributed by atoms with E-state index in [-0.39, 0.29) is 18.8 Å². The third-order valence-electron chi connectivity index (χ3n) is 5.07. The lowest BCUT2D eigenvalue weighted by Gasteiger charge is -2.11. The Kier molecular flexibility index (Phi) is 20.9. The Balaban J connectivity index is 3.50. The lowest BCUT2D eigenvalue weighted by molar-refractivity contribution is -0.146. The molecule has 5 nitrogen and oxygen atoms in total. The number of hydrogen-bond donors (Lipinski definition) is 1. The van der Waals surface area contributed by atoms with Gasteiger partial charge in [-0.2, -0.15) is 0 Å². The first kappa shape index (κ1) is 28.4. The van der Waals surface area contributed by atoms with Gasteiger partial charge in [-0.3, -0.25) is 9.59 Å². The molecule has 0 aliphatic heterocycles. The molecule has 0 aliphatic rings. The van der Waals surface area contributed by atoms with Crippen LogP contribution >= 0.6 is 0 Å². The Labute approximate surface area is 184 Å². The summed E-state index contributed by atoms with van der Waals surface area (Å²) in [5.74, 6) is -0.717. The molecule has 0 bridgehead atoms. The highest BCUT2D eigenvalue weighted by Gasteiger charge is 2.17. The number of carbonyl (C=O) groups is 2. The van der Waals surface area contributed by atoms with Crippen molar-refractivity contribution < 1.29 is 19.1 Å². The summed E-state index contributed by atoms with van der Waals surface area (Å²) in [6, 6.07) is -0.757. The molecule has 0 saturated carbocycles. The molecule has 5 heteroatoms. The van der Waals surface area contributed by atoms with Crippen LogP contribution in [0.5, 0.6) is 0 Å². The maximum absolute atomic E-state index is 11.9. The van der Waals surface area contributed by atoms with Gasteiger partial charge in [0.25, 0.3) is 0 Å². The summed E-state index contributed by atoms with van der Waals surface area (Å²) in [6.07, 6.45) is 20.0. The van der Waals surface area contributed by atoms with E-state index in [4.69, 9.17) is 15.2 Å². The van der Waals surface area contributed by atoms with Gasteiger partial charge in [0.1, 0.15) is 6.04 Å². The second-order valence-electron chi connectivity index (χ2n) is 7.93. The zero-order chi connectivity index (χ0) is 22.3. The molecule has 30 heavy (non-hydrogen) atoms. The third kappa shape index (κ3) is 19.7. The van der Waals surface area contributed by atoms with Crippen LogP contribution in [0.2, 0.25) is 0 Å². The number of unbranched alkanes of at least 4 members (excludes halogenated alkanes) is 12. The molecule has 0 saturated heterocycles. The fourth-order valence-electron chi connectivity index (χ4n) is 3.12. The lowest BCUT2D eigenvalue weighted by Crippen LogP contribution is -2.33. The van der Waals surface area contributed by atoms with Crippen molar-refractivity contribution >= 4 is 11.9 Å². The summed E-state index contributed by atoms with van der Waals surface area (Å²) < 4.78 is 10.4. The van der Waals surface area contributed by atoms with E-state index < -0.39 is 12.0 Å². The molecule has 0 amide bonds. The molecule has 0 aromatic rings. The van der Waals surface area contributed by atoms with Crippen LogP contribution in [0, 0.1) is 0 Å². The molecule has 0 unspecified atom stereocenters. The smallest absolute Gasteiger partial charge is 0.322 e. The third-order valence-corrected chi connectivity index (χ3v) is 5.07. The Morgan fingerprint density at radius 2 is 1.13 bits per heavy atom. The van der Waals surface area contributed by atoms with Crippen molar-refractivity contribution in [1.29, 1.82) is 0 Å². The van der Waals surface area contributed by atoms with Crippen molar-refractivity contribution in [2.75, 3.05) is 13.2 Å². The van der Waals surface area contributed by atoms with E-state index in [9.17, 15) is 9.59 Å². The van der Waals surface area contributed by atoms with Crippen LogP contribution in [-0.2, 0) is 19.1 Å². The minimum absolute atomic E-state index is 0.155. The van der Waals surface area contributed by atoms with Gasteiger partial charge < -0.3 is 15.2 Å². The Morgan fingerprint density at radius 1 is 0.700 bits per heavy atom. The molecular formula is C25H45NO4. The Hall–Kier alpha value is -1.62. The lowest BCUT2D eigenvalue weighted by atomic mass is 10.1. The summed E-state index contributed by atoms with van der Waals surface area (Å²) in [4.78, 5) is 23.6. The first-order chi connectivity index (χ1) is 14.6. The first-order valence-corrected chi connectivity index (χ1v) is 11.9. The summed E-state index contributed by atoms with van der Waals surface area (Å²) in [7, 11) is 0. The molecule has 1 atom stereocenters. The van der Waals surface area contributed by atoms with Gasteiger partial charge in [0.2, 0.25) is 0 Å². The van der Waals surface area contributed by atoms with Crippen LogP contribution in [0.1, 0.15) is 103 Å². The highest BCUT2D eigenvalue weighted by molar-refractivity contribution is 5.77. The van der Waals surface area contributed by atoms with Crippen LogP contribution in [0.4, 0.5) is 0 Å². The van der Waals surface area contributed by atoms with Crippen LogP contribution < -0.4 is 5.73 Å². The van der Waals surface area contributed by atoms with E-state index in [1.807, 2.05) is 12.2 Å². The normalized spacial score (nSPS) is 11.6. The Bertz CT molecular complexity index is 450. The van der Waals surface area contributed by atoms with E-state index in [0.717, 1.165) is 44.9 Å². The van der Waals surface area contributed by atoms with Crippen LogP contribution in [0.25, 0.3) is 0 Å². The molecule has 174 valence electrons. The van der Waals surface area contributed by atoms with E-state index in [1.165, 1.54) is 44.9 Å². The molecule has 0 heterocycles. The van der Waals surface area contributed by atoms with Gasteiger partial charge in [0.05, 0.1) is 13.2 Å². The van der Waals surface area contributed by atoms with Gasteiger partial charge in [-0.15, -0.1) is 13.2 Å². The Morgan fingerprint density at radius 3 is 1.63 bits per heavy atom. The highest BCUT2D eigenvalue weighted by atomic mass is 16.5. The maximum atomic E-state index is 11.9. The van der Waals surface area contributed by atoms with Gasteiger partial charge in [0.15, 0.2) is 0 Å². The summed E-state index contributed by atoms with van der Waals surface area (Å²) in [6.45, 7) is 8.28. The van der Waals surface area contributed by atoms with Crippen molar-refractivity contribution in [1.82, 2.24) is 0 Å². The maximum Gasteiger partial charge on any atom is 0.322 e. The van der Waals surface area contributed by atoms with Crippen molar-refractivity contribution in [3.05, 3.63) is 25.3 Å². The number of hydrogen-bond acceptors (Lipinski definition) is 5. The molecule has 0 aromatic carbocycles. The van der Waals surface area contributed by atoms with Crippen molar-refractivity contribution in [2.24, 2.45) is 5.73 Å². The molecular weight excluding hydrogens is 378 g/mol. The van der Waals surface area contributed by atoms with Gasteiger partial charge in [-0.1, -0.05) is 63.5 Å². The molecule has 0 spiro atoms. The fraction of sp³-hybridized carbons (Fsp3) is 0.760. The minimum atomic E-state index is -0.757. The topological polar surface area (TPSA) is 78.6 Å². The van der Waals surface area contributed by atoms with Crippen LogP contribution in [0.15, 0.2) is 25.3 Å². The van der Waals surface area contributed by atoms with E-state index in [2.05, 4.69) is 13.2 Å². The van der Waals surface area contributed by atoms with Gasteiger partial charge in [-0.05, 0) is 44.9 Å². The molecule has 2 N–H and O–H groups in total. The second kappa shape index (κ2) is 22.1. The fourth-order valence-corrected chi connectivity index (χ4v) is 3.12. The second-order valence-corrected chi connectivity index (χ2v) is 7.93. The number of esters is 2. The number of allylic oxidation sites excluding steroid dienone is 2. The van der Waals surface area contributed by atoms with E-state index >= 15 is 0 Å². The van der Waals surface area contributed by atoms with Crippen molar-refractivity contribution in [2.45, 2.75) is 109 Å². The number of carbonyl (C=O) groups excluding carboxylic acids is 2. The number of nitrogens with two attached hydrogens (primary N) is 1. The van der Waals surface area contributed by atoms with Crippen molar-refractivity contribution in [3.8, 4) is 0 Å². The minimum Gasteiger partial charge on any atom is -0.466 e. The SMILES string of the molecule is C=CCCCCCCCCOC(=O)CC[C@H](N)C(=O)OCCCCCCCCC=C. The zero-order valence-electron chi connectivity index (χ0n) is 19.1. The average Bonchev–Trinajstić information content (AvgIpc) is 2.75. The number of ether oxygens (including phenoxy) is 2. The zero-order valence-corrected chi connectivity index (χ0v) is 19.1. The van der Waals surface area contributed by atoms with Gasteiger partial charge in [0, 0.05) is 6.42 Å². The molecule has 0 radical (unpaired) electrons. The monoisotopic (exact) mass is 423 g/mol. The largest absolute Gasteiger partial charge is 0.466 e. The predicted molar refractivity (Wildman–Crippen MR) is 124 cm³/mol. The molecule has 0 rings (SSSR count). The summed E-state index contributed by atoms with van der Waals surface area (Å²) in [5, 5.41) is 0. The van der Waals surface area contributed by atoms with Gasteiger partial charge >= 0.3 is 11.9 Å². The van der Waals surface area contributed by atoms with E-state index in [0.29, 0.717) is 13.2 Å². The van der Waals surface area contributed by atoms with E-state index in [1.54, 1.807) is 0 Å².